The molecule has 3 N–H and O–H groups in total. The number of carbonyl (C=O) groups is 1. The highest BCUT2D eigenvalue weighted by Gasteiger charge is 2.15. The summed E-state index contributed by atoms with van der Waals surface area (Å²) in [6, 6.07) is 7.90. The first kappa shape index (κ1) is 22.8. The fraction of sp³-hybridized carbons (Fsp3) is 0.412. The highest BCUT2D eigenvalue weighted by atomic mass is 35.5. The molecule has 1 aromatic carbocycles. The fourth-order valence-electron chi connectivity index (χ4n) is 2.62. The minimum absolute atomic E-state index is 0. The second-order valence-corrected chi connectivity index (χ2v) is 6.61. The number of morpholine rings is 1. The Morgan fingerprint density at radius 1 is 1.27 bits per heavy atom. The van der Waals surface area contributed by atoms with Crippen LogP contribution >= 0.6 is 36.2 Å². The molecular formula is C17H24Cl2N4O2S. The lowest BCUT2D eigenvalue weighted by Crippen LogP contribution is -2.35. The van der Waals surface area contributed by atoms with Crippen molar-refractivity contribution in [3.05, 3.63) is 45.9 Å². The minimum Gasteiger partial charge on any atom is -0.379 e. The molecule has 0 aliphatic carbocycles. The van der Waals surface area contributed by atoms with Crippen LogP contribution in [0.4, 0.5) is 5.69 Å². The highest BCUT2D eigenvalue weighted by molar-refractivity contribution is 7.09. The number of rotatable bonds is 6. The smallest absolute Gasteiger partial charge is 0.275 e. The first-order valence-electron chi connectivity index (χ1n) is 8.10. The van der Waals surface area contributed by atoms with E-state index in [1.807, 2.05) is 24.3 Å². The molecule has 1 amide bonds. The van der Waals surface area contributed by atoms with Gasteiger partial charge in [-0.05, 0) is 18.2 Å². The quantitative estimate of drug-likeness (QED) is 0.753. The predicted molar refractivity (Wildman–Crippen MR) is 110 cm³/mol. The van der Waals surface area contributed by atoms with Crippen molar-refractivity contribution in [1.82, 2.24) is 9.88 Å². The Labute approximate surface area is 169 Å². The molecule has 1 fully saturated rings. The number of aromatic nitrogens is 1. The monoisotopic (exact) mass is 418 g/mol. The lowest BCUT2D eigenvalue weighted by atomic mass is 10.1. The second kappa shape index (κ2) is 11.5. The number of thiazole rings is 1. The van der Waals surface area contributed by atoms with Crippen LogP contribution in [0, 0.1) is 0 Å². The maximum absolute atomic E-state index is 12.4. The molecule has 1 saturated heterocycles. The number of nitrogens with one attached hydrogen (secondary N) is 1. The van der Waals surface area contributed by atoms with Gasteiger partial charge in [0.1, 0.15) is 5.69 Å². The van der Waals surface area contributed by atoms with Crippen LogP contribution in [0.5, 0.6) is 0 Å². The van der Waals surface area contributed by atoms with E-state index in [1.165, 1.54) is 11.3 Å². The van der Waals surface area contributed by atoms with Crippen molar-refractivity contribution in [3.63, 3.8) is 0 Å². The fourth-order valence-corrected chi connectivity index (χ4v) is 3.41. The number of ether oxygens (including phenoxy) is 1. The molecule has 2 heterocycles. The van der Waals surface area contributed by atoms with Crippen molar-refractivity contribution in [3.8, 4) is 0 Å². The van der Waals surface area contributed by atoms with E-state index >= 15 is 0 Å². The largest absolute Gasteiger partial charge is 0.379 e. The van der Waals surface area contributed by atoms with E-state index in [2.05, 4.69) is 15.2 Å². The molecule has 0 unspecified atom stereocenters. The molecule has 0 atom stereocenters. The predicted octanol–water partition coefficient (Wildman–Crippen LogP) is 2.57. The lowest BCUT2D eigenvalue weighted by Gasteiger charge is -2.27. The topological polar surface area (TPSA) is 80.5 Å². The molecule has 1 aliphatic heterocycles. The summed E-state index contributed by atoms with van der Waals surface area (Å²) < 4.78 is 5.38. The molecule has 144 valence electrons. The van der Waals surface area contributed by atoms with E-state index in [0.29, 0.717) is 18.7 Å². The number of hydrogen-bond donors (Lipinski definition) is 2. The van der Waals surface area contributed by atoms with Gasteiger partial charge >= 0.3 is 0 Å². The zero-order valence-corrected chi connectivity index (χ0v) is 16.8. The van der Waals surface area contributed by atoms with Crippen LogP contribution in [0.2, 0.25) is 0 Å². The van der Waals surface area contributed by atoms with Gasteiger partial charge in [-0.25, -0.2) is 4.98 Å². The summed E-state index contributed by atoms with van der Waals surface area (Å²) in [6.45, 7) is 4.69. The Hall–Kier alpha value is -1.22. The van der Waals surface area contributed by atoms with Gasteiger partial charge in [0.25, 0.3) is 5.91 Å². The maximum Gasteiger partial charge on any atom is 0.275 e. The molecule has 6 nitrogen and oxygen atoms in total. The van der Waals surface area contributed by atoms with E-state index in [9.17, 15) is 4.79 Å². The number of para-hydroxylation sites is 1. The average Bonchev–Trinajstić information content (AvgIpc) is 3.07. The summed E-state index contributed by atoms with van der Waals surface area (Å²) in [7, 11) is 0. The molecule has 1 aromatic heterocycles. The van der Waals surface area contributed by atoms with Crippen LogP contribution in [-0.4, -0.2) is 48.6 Å². The molecule has 0 saturated carbocycles. The van der Waals surface area contributed by atoms with E-state index < -0.39 is 0 Å². The number of anilines is 1. The molecule has 26 heavy (non-hydrogen) atoms. The van der Waals surface area contributed by atoms with Crippen LogP contribution in [0.25, 0.3) is 0 Å². The number of carbonyl (C=O) groups excluding carboxylic acids is 1. The van der Waals surface area contributed by atoms with Crippen molar-refractivity contribution < 1.29 is 9.53 Å². The van der Waals surface area contributed by atoms with E-state index in [1.54, 1.807) is 5.38 Å². The van der Waals surface area contributed by atoms with Crippen molar-refractivity contribution >= 4 is 47.7 Å². The number of hydrogen-bond acceptors (Lipinski definition) is 6. The van der Waals surface area contributed by atoms with Gasteiger partial charge in [-0.1, -0.05) is 18.2 Å². The van der Waals surface area contributed by atoms with E-state index in [0.717, 1.165) is 49.1 Å². The molecule has 9 heteroatoms. The van der Waals surface area contributed by atoms with Gasteiger partial charge in [0.05, 0.1) is 18.2 Å². The van der Waals surface area contributed by atoms with E-state index in [4.69, 9.17) is 10.5 Å². The van der Waals surface area contributed by atoms with Crippen LogP contribution in [0.3, 0.4) is 0 Å². The van der Waals surface area contributed by atoms with Gasteiger partial charge in [0.2, 0.25) is 0 Å². The van der Waals surface area contributed by atoms with Crippen LogP contribution in [0.15, 0.2) is 29.6 Å². The lowest BCUT2D eigenvalue weighted by molar-refractivity contribution is 0.0342. The normalized spacial score (nSPS) is 14.2. The SMILES string of the molecule is Cl.Cl.NCCc1nc(C(=O)Nc2ccccc2CN2CCOCC2)cs1. The zero-order chi connectivity index (χ0) is 16.8. The Morgan fingerprint density at radius 2 is 2.00 bits per heavy atom. The zero-order valence-electron chi connectivity index (χ0n) is 14.3. The summed E-state index contributed by atoms with van der Waals surface area (Å²) in [5.74, 6) is -0.177. The molecule has 0 radical (unpaired) electrons. The number of benzene rings is 1. The maximum atomic E-state index is 12.4. The van der Waals surface area contributed by atoms with Gasteiger partial charge in [0.15, 0.2) is 0 Å². The number of nitrogens with two attached hydrogens (primary N) is 1. The van der Waals surface area contributed by atoms with Gasteiger partial charge in [-0.3, -0.25) is 9.69 Å². The van der Waals surface area contributed by atoms with Crippen molar-refractivity contribution in [1.29, 1.82) is 0 Å². The second-order valence-electron chi connectivity index (χ2n) is 5.66. The van der Waals surface area contributed by atoms with Crippen LogP contribution in [-0.2, 0) is 17.7 Å². The minimum atomic E-state index is -0.177. The average molecular weight is 419 g/mol. The van der Waals surface area contributed by atoms with Crippen molar-refractivity contribution in [2.24, 2.45) is 5.73 Å². The van der Waals surface area contributed by atoms with E-state index in [-0.39, 0.29) is 30.7 Å². The Kier molecular flexibility index (Phi) is 10.1. The molecule has 1 aliphatic rings. The first-order chi connectivity index (χ1) is 11.8. The third-order valence-electron chi connectivity index (χ3n) is 3.91. The third kappa shape index (κ3) is 6.19. The standard InChI is InChI=1S/C17H22N4O2S.2ClH/c18-6-5-16-19-15(12-24-16)17(22)20-14-4-2-1-3-13(14)11-21-7-9-23-10-8-21;;/h1-4,12H,5-11,18H2,(H,20,22);2*1H. The summed E-state index contributed by atoms with van der Waals surface area (Å²) in [5.41, 5.74) is 7.92. The number of nitrogens with zero attached hydrogens (tertiary/aromatic N) is 2. The summed E-state index contributed by atoms with van der Waals surface area (Å²) in [6.07, 6.45) is 0.700. The molecular weight excluding hydrogens is 395 g/mol. The van der Waals surface area contributed by atoms with Gasteiger partial charge in [0, 0.05) is 37.1 Å². The Balaban J connectivity index is 0.00000169. The summed E-state index contributed by atoms with van der Waals surface area (Å²) in [4.78, 5) is 19.1. The van der Waals surface area contributed by atoms with Gasteiger partial charge in [-0.2, -0.15) is 0 Å². The Bertz CT molecular complexity index is 693. The highest BCUT2D eigenvalue weighted by Crippen LogP contribution is 2.19. The van der Waals surface area contributed by atoms with Crippen molar-refractivity contribution in [2.75, 3.05) is 38.2 Å². The number of halogens is 2. The van der Waals surface area contributed by atoms with Crippen LogP contribution in [0.1, 0.15) is 21.1 Å². The molecule has 0 spiro atoms. The van der Waals surface area contributed by atoms with Crippen LogP contribution < -0.4 is 11.1 Å². The summed E-state index contributed by atoms with van der Waals surface area (Å²) >= 11 is 1.47. The third-order valence-corrected chi connectivity index (χ3v) is 4.81. The molecule has 3 rings (SSSR count). The Morgan fingerprint density at radius 3 is 2.73 bits per heavy atom. The molecule has 2 aromatic rings. The van der Waals surface area contributed by atoms with Crippen molar-refractivity contribution in [2.45, 2.75) is 13.0 Å². The van der Waals surface area contributed by atoms with Gasteiger partial charge < -0.3 is 15.8 Å². The summed E-state index contributed by atoms with van der Waals surface area (Å²) in [5, 5.41) is 5.66. The molecule has 0 bridgehead atoms. The first-order valence-corrected chi connectivity index (χ1v) is 8.98. The van der Waals surface area contributed by atoms with Gasteiger partial charge in [-0.15, -0.1) is 36.2 Å². The number of amides is 1.